The van der Waals surface area contributed by atoms with Crippen LogP contribution in [0.15, 0.2) is 41.2 Å². The summed E-state index contributed by atoms with van der Waals surface area (Å²) < 4.78 is 42.7. The summed E-state index contributed by atoms with van der Waals surface area (Å²) >= 11 is 0. The quantitative estimate of drug-likeness (QED) is 0.703. The van der Waals surface area contributed by atoms with Crippen LogP contribution in [0.25, 0.3) is 0 Å². The van der Waals surface area contributed by atoms with Crippen molar-refractivity contribution in [1.82, 2.24) is 20.4 Å². The Bertz CT molecular complexity index is 876. The van der Waals surface area contributed by atoms with E-state index in [1.165, 1.54) is 6.20 Å². The Morgan fingerprint density at radius 1 is 1.25 bits per heavy atom. The lowest BCUT2D eigenvalue weighted by atomic mass is 9.83. The average Bonchev–Trinajstić information content (AvgIpc) is 3.27. The van der Waals surface area contributed by atoms with E-state index in [-0.39, 0.29) is 17.3 Å². The molecule has 32 heavy (non-hydrogen) atoms. The van der Waals surface area contributed by atoms with E-state index >= 15 is 0 Å². The molecule has 2 aliphatic heterocycles. The van der Waals surface area contributed by atoms with Crippen molar-refractivity contribution in [3.05, 3.63) is 48.1 Å². The van der Waals surface area contributed by atoms with E-state index in [1.54, 1.807) is 6.07 Å². The smallest absolute Gasteiger partial charge is 0.475 e. The van der Waals surface area contributed by atoms with Crippen molar-refractivity contribution in [2.75, 3.05) is 26.2 Å². The first-order valence-corrected chi connectivity index (χ1v) is 9.92. The summed E-state index contributed by atoms with van der Waals surface area (Å²) in [6.07, 6.45) is 0.318. The summed E-state index contributed by atoms with van der Waals surface area (Å²) in [7, 11) is 0. The molecule has 4 heterocycles. The number of carbonyl (C=O) groups is 2. The molecule has 2 fully saturated rings. The van der Waals surface area contributed by atoms with Gasteiger partial charge in [-0.05, 0) is 30.9 Å². The Morgan fingerprint density at radius 2 is 2.00 bits per heavy atom. The summed E-state index contributed by atoms with van der Waals surface area (Å²) in [4.78, 5) is 27.5. The maximum Gasteiger partial charge on any atom is 0.490 e. The normalized spacial score (nSPS) is 20.0. The van der Waals surface area contributed by atoms with Crippen molar-refractivity contribution in [2.45, 2.75) is 31.2 Å². The van der Waals surface area contributed by atoms with E-state index in [0.29, 0.717) is 19.1 Å². The second kappa shape index (κ2) is 10.1. The molecule has 1 unspecified atom stereocenters. The Balaban J connectivity index is 0.000000360. The molecule has 2 aromatic heterocycles. The Hall–Kier alpha value is -2.99. The minimum Gasteiger partial charge on any atom is -0.475 e. The Morgan fingerprint density at radius 3 is 2.53 bits per heavy atom. The first kappa shape index (κ1) is 23.7. The molecule has 0 aromatic carbocycles. The van der Waals surface area contributed by atoms with Crippen molar-refractivity contribution in [1.29, 1.82) is 0 Å². The molecule has 1 amide bonds. The molecule has 12 heteroatoms. The molecule has 174 valence electrons. The van der Waals surface area contributed by atoms with Crippen LogP contribution in [-0.2, 0) is 16.1 Å². The second-order valence-electron chi connectivity index (χ2n) is 7.75. The summed E-state index contributed by atoms with van der Waals surface area (Å²) in [6.45, 7) is 4.09. The first-order chi connectivity index (χ1) is 15.2. The first-order valence-electron chi connectivity index (χ1n) is 9.92. The number of aromatic nitrogens is 2. The lowest BCUT2D eigenvalue weighted by molar-refractivity contribution is -0.192. The fraction of sp³-hybridized carbons (Fsp3) is 0.500. The number of nitrogens with zero attached hydrogens (tertiary/aromatic N) is 3. The Labute approximate surface area is 181 Å². The van der Waals surface area contributed by atoms with Crippen molar-refractivity contribution in [3.63, 3.8) is 0 Å². The van der Waals surface area contributed by atoms with E-state index in [9.17, 15) is 18.0 Å². The van der Waals surface area contributed by atoms with Crippen LogP contribution < -0.4 is 5.32 Å². The van der Waals surface area contributed by atoms with Crippen LogP contribution >= 0.6 is 0 Å². The fourth-order valence-corrected chi connectivity index (χ4v) is 3.59. The average molecular weight is 456 g/mol. The minimum atomic E-state index is -5.08. The van der Waals surface area contributed by atoms with Gasteiger partial charge in [-0.25, -0.2) is 4.79 Å². The van der Waals surface area contributed by atoms with Crippen molar-refractivity contribution >= 4 is 11.9 Å². The zero-order chi connectivity index (χ0) is 23.2. The van der Waals surface area contributed by atoms with Gasteiger partial charge in [-0.2, -0.15) is 13.2 Å². The van der Waals surface area contributed by atoms with Crippen LogP contribution in [0.4, 0.5) is 13.2 Å². The predicted molar refractivity (Wildman–Crippen MR) is 103 cm³/mol. The van der Waals surface area contributed by atoms with Gasteiger partial charge in [0.1, 0.15) is 0 Å². The molecular formula is C20H23F3N4O5. The summed E-state index contributed by atoms with van der Waals surface area (Å²) in [6, 6.07) is 7.57. The lowest BCUT2D eigenvalue weighted by Crippen LogP contribution is -2.64. The van der Waals surface area contributed by atoms with Crippen LogP contribution in [0, 0.1) is 5.92 Å². The second-order valence-corrected chi connectivity index (χ2v) is 7.75. The summed E-state index contributed by atoms with van der Waals surface area (Å²) in [5.74, 6) is -2.38. The number of hydrogen-bond donors (Lipinski definition) is 2. The molecule has 2 aliphatic rings. The molecule has 1 atom stereocenters. The van der Waals surface area contributed by atoms with Crippen LogP contribution in [0.1, 0.15) is 29.1 Å². The number of halogens is 3. The molecule has 9 nitrogen and oxygen atoms in total. The third-order valence-corrected chi connectivity index (χ3v) is 5.22. The highest BCUT2D eigenvalue weighted by Crippen LogP contribution is 2.36. The highest BCUT2D eigenvalue weighted by Gasteiger charge is 2.46. The van der Waals surface area contributed by atoms with E-state index in [1.807, 2.05) is 18.3 Å². The highest BCUT2D eigenvalue weighted by molar-refractivity contribution is 5.91. The van der Waals surface area contributed by atoms with E-state index in [4.69, 9.17) is 19.2 Å². The van der Waals surface area contributed by atoms with Gasteiger partial charge in [0.2, 0.25) is 5.76 Å². The Kier molecular flexibility index (Phi) is 7.46. The largest absolute Gasteiger partial charge is 0.490 e. The maximum absolute atomic E-state index is 11.9. The SMILES string of the molecule is O=C(NCC1CCC2(CN(Cc3ccccn3)C2)OC1)c1ccno1.O=C(O)C(F)(F)F. The number of hydrogen-bond acceptors (Lipinski definition) is 7. The topological polar surface area (TPSA) is 118 Å². The summed E-state index contributed by atoms with van der Waals surface area (Å²) in [5.41, 5.74) is 1.10. The van der Waals surface area contributed by atoms with Gasteiger partial charge in [-0.1, -0.05) is 11.2 Å². The number of carboxylic acid groups (broad SMARTS) is 1. The van der Waals surface area contributed by atoms with E-state index in [2.05, 4.69) is 26.4 Å². The van der Waals surface area contributed by atoms with Crippen molar-refractivity contribution in [2.24, 2.45) is 5.92 Å². The number of rotatable bonds is 5. The number of amides is 1. The molecule has 0 radical (unpaired) electrons. The number of aliphatic carboxylic acids is 1. The number of likely N-dealkylation sites (tertiary alicyclic amines) is 1. The summed E-state index contributed by atoms with van der Waals surface area (Å²) in [5, 5.41) is 13.6. The van der Waals surface area contributed by atoms with E-state index in [0.717, 1.165) is 38.2 Å². The van der Waals surface area contributed by atoms with Crippen LogP contribution in [0.5, 0.6) is 0 Å². The maximum atomic E-state index is 11.9. The molecule has 0 saturated carbocycles. The molecule has 2 saturated heterocycles. The molecule has 4 rings (SSSR count). The standard InChI is InChI=1S/C18H22N4O3.C2HF3O2/c23-17(16-5-8-21-25-16)20-9-14-4-6-18(24-11-14)12-22(13-18)10-15-3-1-2-7-19-15;3-2(4,5)1(6)7/h1-3,5,7-8,14H,4,6,9-13H2,(H,20,23);(H,6,7). The van der Waals surface area contributed by atoms with Crippen LogP contribution in [-0.4, -0.2) is 70.0 Å². The third-order valence-electron chi connectivity index (χ3n) is 5.22. The molecular weight excluding hydrogens is 433 g/mol. The number of carbonyl (C=O) groups excluding carboxylic acids is 1. The van der Waals surface area contributed by atoms with Crippen molar-refractivity contribution in [3.8, 4) is 0 Å². The van der Waals surface area contributed by atoms with Gasteiger partial charge < -0.3 is 19.7 Å². The van der Waals surface area contributed by atoms with Crippen LogP contribution in [0.3, 0.4) is 0 Å². The van der Waals surface area contributed by atoms with Crippen molar-refractivity contribution < 1.29 is 37.1 Å². The molecule has 0 bridgehead atoms. The highest BCUT2D eigenvalue weighted by atomic mass is 19.4. The molecule has 2 N–H and O–H groups in total. The zero-order valence-corrected chi connectivity index (χ0v) is 17.0. The van der Waals surface area contributed by atoms with Gasteiger partial charge in [-0.15, -0.1) is 0 Å². The molecule has 1 spiro atoms. The van der Waals surface area contributed by atoms with Gasteiger partial charge >= 0.3 is 12.1 Å². The number of carboxylic acids is 1. The molecule has 2 aromatic rings. The zero-order valence-electron chi connectivity index (χ0n) is 17.0. The molecule has 0 aliphatic carbocycles. The monoisotopic (exact) mass is 456 g/mol. The van der Waals surface area contributed by atoms with Gasteiger partial charge in [0.05, 0.1) is 24.1 Å². The van der Waals surface area contributed by atoms with Gasteiger partial charge in [0, 0.05) is 38.4 Å². The number of alkyl halides is 3. The number of nitrogens with one attached hydrogen (secondary N) is 1. The van der Waals surface area contributed by atoms with Gasteiger partial charge in [0.15, 0.2) is 0 Å². The number of ether oxygens (including phenoxy) is 1. The lowest BCUT2D eigenvalue weighted by Gasteiger charge is -2.52. The fourth-order valence-electron chi connectivity index (χ4n) is 3.59. The number of pyridine rings is 1. The van der Waals surface area contributed by atoms with Crippen LogP contribution in [0.2, 0.25) is 0 Å². The van der Waals surface area contributed by atoms with Gasteiger partial charge in [0.25, 0.3) is 5.91 Å². The van der Waals surface area contributed by atoms with Gasteiger partial charge in [-0.3, -0.25) is 14.7 Å². The van der Waals surface area contributed by atoms with E-state index < -0.39 is 12.1 Å². The predicted octanol–water partition coefficient (Wildman–Crippen LogP) is 2.11. The minimum absolute atomic E-state index is 0.000219. The third kappa shape index (κ3) is 6.50.